The van der Waals surface area contributed by atoms with Crippen molar-refractivity contribution in [2.24, 2.45) is 0 Å². The molecule has 0 saturated heterocycles. The molecule has 3 aromatic carbocycles. The van der Waals surface area contributed by atoms with E-state index in [1.807, 2.05) is 6.07 Å². The van der Waals surface area contributed by atoms with Crippen LogP contribution in [0.1, 0.15) is 22.3 Å². The number of fused-ring (bicyclic) bond motifs is 1. The summed E-state index contributed by atoms with van der Waals surface area (Å²) >= 11 is 12.2. The van der Waals surface area contributed by atoms with Crippen molar-refractivity contribution in [3.63, 3.8) is 0 Å². The monoisotopic (exact) mass is 449 g/mol. The van der Waals surface area contributed by atoms with E-state index in [1.54, 1.807) is 36.4 Å². The van der Waals surface area contributed by atoms with Crippen molar-refractivity contribution in [1.82, 2.24) is 0 Å². The molecule has 0 fully saturated rings. The maximum absolute atomic E-state index is 13.2. The molecule has 7 heteroatoms. The van der Waals surface area contributed by atoms with Gasteiger partial charge >= 0.3 is 6.18 Å². The second kappa shape index (κ2) is 7.64. The maximum Gasteiger partial charge on any atom is 0.416 e. The summed E-state index contributed by atoms with van der Waals surface area (Å²) in [5, 5.41) is 3.92. The lowest BCUT2D eigenvalue weighted by atomic mass is 9.72. The number of benzene rings is 3. The SMILES string of the molecule is O=C1Nc2cc(Cl)ccc2C1(Cc1ccc(C(F)(F)F)cc1)Cc1cccc(Cl)c1. The molecule has 0 spiro atoms. The van der Waals surface area contributed by atoms with E-state index in [0.29, 0.717) is 27.7 Å². The Bertz CT molecular complexity index is 1110. The lowest BCUT2D eigenvalue weighted by molar-refractivity contribution is -0.137. The molecular weight excluding hydrogens is 434 g/mol. The highest BCUT2D eigenvalue weighted by molar-refractivity contribution is 6.31. The molecule has 0 radical (unpaired) electrons. The Morgan fingerprint density at radius 1 is 0.833 bits per heavy atom. The first-order valence-electron chi connectivity index (χ1n) is 9.19. The second-order valence-corrected chi connectivity index (χ2v) is 8.28. The molecule has 1 atom stereocenters. The molecule has 1 unspecified atom stereocenters. The molecular formula is C23H16Cl2F3NO. The highest BCUT2D eigenvalue weighted by atomic mass is 35.5. The summed E-state index contributed by atoms with van der Waals surface area (Å²) in [6, 6.07) is 17.3. The van der Waals surface area contributed by atoms with Crippen LogP contribution in [-0.4, -0.2) is 5.91 Å². The molecule has 154 valence electrons. The zero-order valence-electron chi connectivity index (χ0n) is 15.6. The summed E-state index contributed by atoms with van der Waals surface area (Å²) in [5.41, 5.74) is 1.14. The molecule has 1 N–H and O–H groups in total. The molecule has 0 aliphatic carbocycles. The third kappa shape index (κ3) is 3.92. The van der Waals surface area contributed by atoms with Crippen LogP contribution in [0.15, 0.2) is 66.7 Å². The third-order valence-corrected chi connectivity index (χ3v) is 5.83. The van der Waals surface area contributed by atoms with Crippen molar-refractivity contribution in [3.8, 4) is 0 Å². The van der Waals surface area contributed by atoms with Gasteiger partial charge in [0.2, 0.25) is 5.91 Å². The minimum absolute atomic E-state index is 0.223. The van der Waals surface area contributed by atoms with E-state index >= 15 is 0 Å². The number of halogens is 5. The second-order valence-electron chi connectivity index (χ2n) is 7.40. The summed E-state index contributed by atoms with van der Waals surface area (Å²) in [4.78, 5) is 13.2. The molecule has 1 amide bonds. The van der Waals surface area contributed by atoms with Gasteiger partial charge in [0.15, 0.2) is 0 Å². The van der Waals surface area contributed by atoms with Gasteiger partial charge in [-0.2, -0.15) is 13.2 Å². The van der Waals surface area contributed by atoms with Crippen LogP contribution >= 0.6 is 23.2 Å². The van der Waals surface area contributed by atoms with Crippen molar-refractivity contribution in [2.45, 2.75) is 24.4 Å². The van der Waals surface area contributed by atoms with E-state index in [0.717, 1.165) is 23.3 Å². The molecule has 0 saturated carbocycles. The van der Waals surface area contributed by atoms with Gasteiger partial charge in [0.05, 0.1) is 11.0 Å². The number of hydrogen-bond donors (Lipinski definition) is 1. The minimum Gasteiger partial charge on any atom is -0.325 e. The van der Waals surface area contributed by atoms with Gasteiger partial charge in [-0.05, 0) is 65.9 Å². The smallest absolute Gasteiger partial charge is 0.325 e. The summed E-state index contributed by atoms with van der Waals surface area (Å²) in [6.07, 6.45) is -3.84. The first-order chi connectivity index (χ1) is 14.2. The first kappa shape index (κ1) is 20.8. The highest BCUT2D eigenvalue weighted by Crippen LogP contribution is 2.44. The summed E-state index contributed by atoms with van der Waals surface area (Å²) < 4.78 is 38.8. The molecule has 1 aliphatic rings. The molecule has 3 aromatic rings. The van der Waals surface area contributed by atoms with Crippen molar-refractivity contribution < 1.29 is 18.0 Å². The fourth-order valence-electron chi connectivity index (χ4n) is 3.97. The van der Waals surface area contributed by atoms with E-state index in [4.69, 9.17) is 23.2 Å². The van der Waals surface area contributed by atoms with Gasteiger partial charge in [0.25, 0.3) is 0 Å². The van der Waals surface area contributed by atoms with Crippen molar-refractivity contribution in [3.05, 3.63) is 99.0 Å². The number of hydrogen-bond acceptors (Lipinski definition) is 1. The Labute approximate surface area is 181 Å². The molecule has 0 aromatic heterocycles. The molecule has 4 rings (SSSR count). The van der Waals surface area contributed by atoms with Crippen LogP contribution in [0.5, 0.6) is 0 Å². The Morgan fingerprint density at radius 2 is 1.50 bits per heavy atom. The lowest BCUT2D eigenvalue weighted by Crippen LogP contribution is -2.39. The van der Waals surface area contributed by atoms with Gasteiger partial charge in [-0.15, -0.1) is 0 Å². The van der Waals surface area contributed by atoms with E-state index in [1.165, 1.54) is 12.1 Å². The van der Waals surface area contributed by atoms with Crippen LogP contribution in [-0.2, 0) is 29.2 Å². The van der Waals surface area contributed by atoms with E-state index in [9.17, 15) is 18.0 Å². The van der Waals surface area contributed by atoms with Gasteiger partial charge in [-0.3, -0.25) is 4.79 Å². The Kier molecular flexibility index (Phi) is 5.28. The largest absolute Gasteiger partial charge is 0.416 e. The van der Waals surface area contributed by atoms with Crippen LogP contribution in [0, 0.1) is 0 Å². The van der Waals surface area contributed by atoms with Crippen molar-refractivity contribution in [2.75, 3.05) is 5.32 Å². The molecule has 1 aliphatic heterocycles. The van der Waals surface area contributed by atoms with Crippen LogP contribution in [0.3, 0.4) is 0 Å². The number of nitrogens with one attached hydrogen (secondary N) is 1. The number of alkyl halides is 3. The average Bonchev–Trinajstić information content (AvgIpc) is 2.92. The van der Waals surface area contributed by atoms with Crippen molar-refractivity contribution in [1.29, 1.82) is 0 Å². The third-order valence-electron chi connectivity index (χ3n) is 5.36. The summed E-state index contributed by atoms with van der Waals surface area (Å²) in [6.45, 7) is 0. The summed E-state index contributed by atoms with van der Waals surface area (Å²) in [7, 11) is 0. The van der Waals surface area contributed by atoms with Crippen LogP contribution < -0.4 is 5.32 Å². The zero-order chi connectivity index (χ0) is 21.5. The number of carbonyl (C=O) groups excluding carboxylic acids is 1. The molecule has 2 nitrogen and oxygen atoms in total. The Balaban J connectivity index is 1.78. The number of amides is 1. The Hall–Kier alpha value is -2.50. The minimum atomic E-state index is -4.41. The van der Waals surface area contributed by atoms with Gasteiger partial charge in [0.1, 0.15) is 0 Å². The molecule has 1 heterocycles. The van der Waals surface area contributed by atoms with E-state index in [-0.39, 0.29) is 12.3 Å². The quantitative estimate of drug-likeness (QED) is 0.472. The van der Waals surface area contributed by atoms with Crippen LogP contribution in [0.25, 0.3) is 0 Å². The van der Waals surface area contributed by atoms with Gasteiger partial charge in [0, 0.05) is 15.7 Å². The van der Waals surface area contributed by atoms with E-state index < -0.39 is 17.2 Å². The average molecular weight is 450 g/mol. The summed E-state index contributed by atoms with van der Waals surface area (Å²) in [5.74, 6) is -0.223. The first-order valence-corrected chi connectivity index (χ1v) is 9.95. The normalized spacial score (nSPS) is 18.2. The maximum atomic E-state index is 13.2. The number of rotatable bonds is 4. The van der Waals surface area contributed by atoms with Crippen molar-refractivity contribution >= 4 is 34.8 Å². The fourth-order valence-corrected chi connectivity index (χ4v) is 4.36. The van der Waals surface area contributed by atoms with Gasteiger partial charge in [-0.25, -0.2) is 0 Å². The number of carbonyl (C=O) groups is 1. The standard InChI is InChI=1S/C23H16Cl2F3NO/c24-17-3-1-2-15(10-17)13-22(12-14-4-6-16(7-5-14)23(26,27)28)19-9-8-18(25)11-20(19)29-21(22)30/h1-11H,12-13H2,(H,29,30). The Morgan fingerprint density at radius 3 is 2.17 bits per heavy atom. The highest BCUT2D eigenvalue weighted by Gasteiger charge is 2.47. The molecule has 30 heavy (non-hydrogen) atoms. The van der Waals surface area contributed by atoms with Crippen LogP contribution in [0.2, 0.25) is 10.0 Å². The predicted molar refractivity (Wildman–Crippen MR) is 112 cm³/mol. The van der Waals surface area contributed by atoms with Gasteiger partial charge in [-0.1, -0.05) is 53.5 Å². The number of anilines is 1. The van der Waals surface area contributed by atoms with Gasteiger partial charge < -0.3 is 5.32 Å². The zero-order valence-corrected chi connectivity index (χ0v) is 17.1. The fraction of sp³-hybridized carbons (Fsp3) is 0.174. The van der Waals surface area contributed by atoms with E-state index in [2.05, 4.69) is 5.32 Å². The lowest BCUT2D eigenvalue weighted by Gasteiger charge is -2.28. The predicted octanol–water partition coefficient (Wildman–Crippen LogP) is 6.69. The van der Waals surface area contributed by atoms with Crippen LogP contribution in [0.4, 0.5) is 18.9 Å². The topological polar surface area (TPSA) is 29.1 Å². The molecule has 0 bridgehead atoms.